The van der Waals surface area contributed by atoms with Crippen LogP contribution in [0.5, 0.6) is 0 Å². The number of benzene rings is 8. The van der Waals surface area contributed by atoms with E-state index < -0.39 is 0 Å². The van der Waals surface area contributed by atoms with Gasteiger partial charge in [0, 0.05) is 58.8 Å². The van der Waals surface area contributed by atoms with Crippen molar-refractivity contribution in [2.75, 3.05) is 0 Å². The molecule has 0 saturated carbocycles. The number of aromatic nitrogens is 4. The molecule has 0 saturated heterocycles. The first-order valence-corrected chi connectivity index (χ1v) is 22.0. The van der Waals surface area contributed by atoms with Crippen LogP contribution in [0.25, 0.3) is 110 Å². The van der Waals surface area contributed by atoms with Crippen molar-refractivity contribution in [3.8, 4) is 62.1 Å². The molecule has 11 aromatic rings. The van der Waals surface area contributed by atoms with Crippen LogP contribution < -0.4 is 0 Å². The quantitative estimate of drug-likeness (QED) is 0.161. The van der Waals surface area contributed by atoms with Gasteiger partial charge in [0.1, 0.15) is 0 Å². The van der Waals surface area contributed by atoms with E-state index in [0.717, 1.165) is 57.5 Å². The molecule has 3 aromatic heterocycles. The smallest absolute Gasteiger partial charge is 0.164 e. The Bertz CT molecular complexity index is 3550. The normalized spacial score (nSPS) is 12.7. The molecule has 0 unspecified atom stereocenters. The van der Waals surface area contributed by atoms with Crippen LogP contribution in [0.3, 0.4) is 0 Å². The van der Waals surface area contributed by atoms with Crippen LogP contribution in [0, 0.1) is 0 Å². The number of hydrogen-bond acceptors (Lipinski definition) is 4. The molecule has 12 rings (SSSR count). The van der Waals surface area contributed by atoms with Gasteiger partial charge in [0.05, 0.1) is 16.7 Å². The van der Waals surface area contributed by atoms with Gasteiger partial charge in [-0.25, -0.2) is 15.0 Å². The molecule has 1 aliphatic carbocycles. The number of para-hydroxylation sites is 1. The number of rotatable bonds is 7. The van der Waals surface area contributed by atoms with Crippen LogP contribution in [-0.2, 0) is 0 Å². The second-order valence-electron chi connectivity index (χ2n) is 15.8. The van der Waals surface area contributed by atoms with E-state index in [2.05, 4.69) is 187 Å². The molecule has 3 heterocycles. The van der Waals surface area contributed by atoms with E-state index in [9.17, 15) is 0 Å². The molecule has 62 heavy (non-hydrogen) atoms. The predicted molar refractivity (Wildman–Crippen MR) is 261 cm³/mol. The van der Waals surface area contributed by atoms with Crippen LogP contribution in [0.2, 0.25) is 0 Å². The van der Waals surface area contributed by atoms with E-state index in [0.29, 0.717) is 17.5 Å². The molecule has 0 aliphatic heterocycles. The number of nitrogens with zero attached hydrogens (tertiary/aromatic N) is 4. The van der Waals surface area contributed by atoms with Gasteiger partial charge >= 0.3 is 0 Å². The van der Waals surface area contributed by atoms with Crippen molar-refractivity contribution in [2.24, 2.45) is 0 Å². The summed E-state index contributed by atoms with van der Waals surface area (Å²) in [6.45, 7) is 0. The van der Waals surface area contributed by atoms with Crippen LogP contribution in [0.1, 0.15) is 18.4 Å². The Morgan fingerprint density at radius 1 is 0.403 bits per heavy atom. The molecular formula is C57H38N4S. The van der Waals surface area contributed by atoms with Crippen molar-refractivity contribution in [3.05, 3.63) is 212 Å². The third-order valence-corrected chi connectivity index (χ3v) is 13.2. The Labute approximate surface area is 363 Å². The molecule has 0 fully saturated rings. The summed E-state index contributed by atoms with van der Waals surface area (Å²) in [5.74, 6) is 1.89. The maximum absolute atomic E-state index is 5.31. The zero-order chi connectivity index (χ0) is 41.0. The predicted octanol–water partition coefficient (Wildman–Crippen LogP) is 15.4. The molecule has 5 heteroatoms. The van der Waals surface area contributed by atoms with E-state index in [1.165, 1.54) is 53.1 Å². The molecular weight excluding hydrogens is 773 g/mol. The summed E-state index contributed by atoms with van der Waals surface area (Å²) in [4.78, 5) is 15.7. The number of fused-ring (bicyclic) bond motifs is 7. The van der Waals surface area contributed by atoms with Crippen molar-refractivity contribution in [3.63, 3.8) is 0 Å². The zero-order valence-corrected chi connectivity index (χ0v) is 34.6. The average molecular weight is 811 g/mol. The molecule has 0 amide bonds. The Balaban J connectivity index is 1.15. The zero-order valence-electron chi connectivity index (χ0n) is 33.7. The van der Waals surface area contributed by atoms with Gasteiger partial charge in [0.2, 0.25) is 0 Å². The highest BCUT2D eigenvalue weighted by Gasteiger charge is 2.25. The third-order valence-electron chi connectivity index (χ3n) is 12.1. The highest BCUT2D eigenvalue weighted by atomic mass is 32.1. The van der Waals surface area contributed by atoms with Gasteiger partial charge < -0.3 is 4.57 Å². The molecule has 0 N–H and O–H groups in total. The Kier molecular flexibility index (Phi) is 8.79. The van der Waals surface area contributed by atoms with Gasteiger partial charge in [0.25, 0.3) is 0 Å². The summed E-state index contributed by atoms with van der Waals surface area (Å²) in [5.41, 5.74) is 13.1. The highest BCUT2D eigenvalue weighted by Crippen LogP contribution is 2.47. The summed E-state index contributed by atoms with van der Waals surface area (Å²) < 4.78 is 5.12. The monoisotopic (exact) mass is 810 g/mol. The molecule has 4 nitrogen and oxygen atoms in total. The Hall–Kier alpha value is -7.73. The lowest BCUT2D eigenvalue weighted by atomic mass is 9.90. The van der Waals surface area contributed by atoms with Crippen LogP contribution in [-0.4, -0.2) is 19.5 Å². The minimum absolute atomic E-state index is 0.625. The summed E-state index contributed by atoms with van der Waals surface area (Å²) in [6.07, 6.45) is 8.97. The Morgan fingerprint density at radius 2 is 0.968 bits per heavy atom. The van der Waals surface area contributed by atoms with Crippen LogP contribution in [0.4, 0.5) is 0 Å². The first kappa shape index (κ1) is 36.1. The second-order valence-corrected chi connectivity index (χ2v) is 16.9. The Morgan fingerprint density at radius 3 is 1.68 bits per heavy atom. The minimum Gasteiger partial charge on any atom is -0.308 e. The summed E-state index contributed by atoms with van der Waals surface area (Å²) >= 11 is 1.87. The fraction of sp³-hybridized carbons (Fsp3) is 0.0351. The van der Waals surface area contributed by atoms with Gasteiger partial charge in [-0.05, 0) is 71.5 Å². The maximum atomic E-state index is 5.31. The number of thiophene rings is 1. The topological polar surface area (TPSA) is 43.6 Å². The van der Waals surface area contributed by atoms with E-state index in [-0.39, 0.29) is 0 Å². The van der Waals surface area contributed by atoms with Crippen molar-refractivity contribution < 1.29 is 0 Å². The van der Waals surface area contributed by atoms with Gasteiger partial charge in [-0.15, -0.1) is 11.3 Å². The third kappa shape index (κ3) is 6.17. The van der Waals surface area contributed by atoms with Crippen LogP contribution >= 0.6 is 11.3 Å². The lowest BCUT2D eigenvalue weighted by molar-refractivity contribution is 1.04. The van der Waals surface area contributed by atoms with Gasteiger partial charge in [-0.3, -0.25) is 0 Å². The van der Waals surface area contributed by atoms with E-state index in [4.69, 9.17) is 15.0 Å². The second kappa shape index (κ2) is 15.1. The first-order valence-electron chi connectivity index (χ1n) is 21.2. The molecule has 0 bridgehead atoms. The lowest BCUT2D eigenvalue weighted by Crippen LogP contribution is -2.05. The number of hydrogen-bond donors (Lipinski definition) is 0. The SMILES string of the molecule is C1=CC(c2cc(-c3nc(-c4ccccc4)nc(-c4ccc(-c5ccccc5)cc4)n3)cc(-c3ccccc3)c2-n2c3ccccc3c3c4c(ccc32)sc2ccccc24)=CCC1. The van der Waals surface area contributed by atoms with Gasteiger partial charge in [0.15, 0.2) is 17.5 Å². The lowest BCUT2D eigenvalue weighted by Gasteiger charge is -2.22. The summed E-state index contributed by atoms with van der Waals surface area (Å²) in [7, 11) is 0. The molecule has 8 aromatic carbocycles. The average Bonchev–Trinajstić information content (AvgIpc) is 3.90. The summed E-state index contributed by atoms with van der Waals surface area (Å²) in [6, 6.07) is 67.0. The summed E-state index contributed by atoms with van der Waals surface area (Å²) in [5, 5.41) is 5.14. The van der Waals surface area contributed by atoms with Crippen molar-refractivity contribution in [1.82, 2.24) is 19.5 Å². The van der Waals surface area contributed by atoms with E-state index in [1.54, 1.807) is 0 Å². The molecule has 0 radical (unpaired) electrons. The van der Waals surface area contributed by atoms with Gasteiger partial charge in [-0.1, -0.05) is 170 Å². The number of allylic oxidation sites excluding steroid dienone is 4. The van der Waals surface area contributed by atoms with E-state index in [1.807, 2.05) is 35.6 Å². The maximum Gasteiger partial charge on any atom is 0.164 e. The standard InChI is InChI=1S/C57H38N4S/c1-5-17-37(18-6-1)38-29-31-42(32-30-38)56-58-55(41-23-11-4-12-24-41)59-57(60-56)43-35-46(39-19-7-2-8-20-39)54(47(36-43)40-21-9-3-10-22-40)61-48-27-15-13-25-44(48)52-49(61)33-34-51-53(52)45-26-14-16-28-50(45)62-51/h1-2,4-9,11-36H,3,10H2. The fourth-order valence-electron chi connectivity index (χ4n) is 9.18. The van der Waals surface area contributed by atoms with Crippen molar-refractivity contribution >= 4 is 58.9 Å². The van der Waals surface area contributed by atoms with Gasteiger partial charge in [-0.2, -0.15) is 0 Å². The minimum atomic E-state index is 0.625. The van der Waals surface area contributed by atoms with Crippen LogP contribution in [0.15, 0.2) is 206 Å². The molecule has 0 atom stereocenters. The molecule has 0 spiro atoms. The highest BCUT2D eigenvalue weighted by molar-refractivity contribution is 7.26. The molecule has 1 aliphatic rings. The van der Waals surface area contributed by atoms with E-state index >= 15 is 0 Å². The molecule has 292 valence electrons. The first-order chi connectivity index (χ1) is 30.7. The van der Waals surface area contributed by atoms with Crippen molar-refractivity contribution in [1.29, 1.82) is 0 Å². The fourth-order valence-corrected chi connectivity index (χ4v) is 10.3. The largest absolute Gasteiger partial charge is 0.308 e. The van der Waals surface area contributed by atoms with Crippen molar-refractivity contribution in [2.45, 2.75) is 12.8 Å².